The largest absolute Gasteiger partial charge is 0.357 e. The molecular weight excluding hydrogens is 286 g/mol. The molecule has 1 aromatic heterocycles. The molecule has 1 aliphatic rings. The van der Waals surface area contributed by atoms with Crippen LogP contribution in [0.5, 0.6) is 0 Å². The van der Waals surface area contributed by atoms with Crippen LogP contribution >= 0.6 is 0 Å². The number of carbonyl (C=O) groups is 1. The van der Waals surface area contributed by atoms with E-state index < -0.39 is 0 Å². The summed E-state index contributed by atoms with van der Waals surface area (Å²) in [5.74, 6) is 0.796. The van der Waals surface area contributed by atoms with E-state index in [-0.39, 0.29) is 5.91 Å². The summed E-state index contributed by atoms with van der Waals surface area (Å²) in [5, 5.41) is 2.94. The maximum Gasteiger partial charge on any atom is 0.270 e. The summed E-state index contributed by atoms with van der Waals surface area (Å²) in [6, 6.07) is 15.6. The average Bonchev–Trinajstić information content (AvgIpc) is 2.90. The van der Waals surface area contributed by atoms with Gasteiger partial charge in [0.25, 0.3) is 5.91 Å². The Morgan fingerprint density at radius 3 is 2.43 bits per heavy atom. The molecule has 4 nitrogen and oxygen atoms in total. The fraction of sp³-hybridized carbons (Fsp3) is 0.368. The number of hydrogen-bond donors (Lipinski definition) is 1. The highest BCUT2D eigenvalue weighted by Crippen LogP contribution is 2.17. The Hall–Kier alpha value is -2.36. The zero-order valence-electron chi connectivity index (χ0n) is 13.4. The number of carbonyl (C=O) groups excluding carboxylic acids is 1. The summed E-state index contributed by atoms with van der Waals surface area (Å²) in [6.07, 6.45) is 4.97. The lowest BCUT2D eigenvalue weighted by molar-refractivity contribution is 0.0946. The number of hydrogen-bond acceptors (Lipinski definition) is 3. The molecule has 1 aromatic carbocycles. The van der Waals surface area contributed by atoms with Gasteiger partial charge in [-0.25, -0.2) is 4.98 Å². The zero-order valence-corrected chi connectivity index (χ0v) is 13.4. The number of anilines is 1. The highest BCUT2D eigenvalue weighted by atomic mass is 16.1. The first-order chi connectivity index (χ1) is 11.3. The fourth-order valence-electron chi connectivity index (χ4n) is 2.89. The Kier molecular flexibility index (Phi) is 5.25. The smallest absolute Gasteiger partial charge is 0.270 e. The number of nitrogens with zero attached hydrogens (tertiary/aromatic N) is 2. The number of aromatic nitrogens is 1. The molecule has 0 radical (unpaired) electrons. The molecule has 2 aromatic rings. The quantitative estimate of drug-likeness (QED) is 0.941. The summed E-state index contributed by atoms with van der Waals surface area (Å²) < 4.78 is 0. The van der Waals surface area contributed by atoms with Crippen molar-refractivity contribution >= 4 is 11.7 Å². The van der Waals surface area contributed by atoms with Crippen LogP contribution in [0, 0.1) is 0 Å². The standard InChI is InChI=1S/C19H23N3O/c23-19(20-15-16-9-4-3-5-10-16)17-11-8-12-18(21-17)22-13-6-1-2-7-14-22/h3-5,8-12H,1-2,6-7,13-15H2,(H,20,23). The number of benzene rings is 1. The molecule has 120 valence electrons. The lowest BCUT2D eigenvalue weighted by Gasteiger charge is -2.21. The average molecular weight is 309 g/mol. The minimum absolute atomic E-state index is 0.120. The molecule has 1 amide bonds. The van der Waals surface area contributed by atoms with Crippen molar-refractivity contribution in [2.75, 3.05) is 18.0 Å². The van der Waals surface area contributed by atoms with Gasteiger partial charge < -0.3 is 10.2 Å². The molecule has 0 spiro atoms. The molecule has 1 aliphatic heterocycles. The van der Waals surface area contributed by atoms with Crippen LogP contribution in [0.2, 0.25) is 0 Å². The molecule has 0 atom stereocenters. The van der Waals surface area contributed by atoms with E-state index in [0.29, 0.717) is 12.2 Å². The van der Waals surface area contributed by atoms with E-state index >= 15 is 0 Å². The summed E-state index contributed by atoms with van der Waals surface area (Å²) >= 11 is 0. The minimum atomic E-state index is -0.120. The molecule has 0 bridgehead atoms. The van der Waals surface area contributed by atoms with Crippen LogP contribution < -0.4 is 10.2 Å². The number of nitrogens with one attached hydrogen (secondary N) is 1. The van der Waals surface area contributed by atoms with Gasteiger partial charge in [-0.05, 0) is 30.5 Å². The second-order valence-corrected chi connectivity index (χ2v) is 5.95. The Labute approximate surface area is 137 Å². The monoisotopic (exact) mass is 309 g/mol. The molecule has 0 saturated carbocycles. The Morgan fingerprint density at radius 2 is 1.70 bits per heavy atom. The lowest BCUT2D eigenvalue weighted by atomic mass is 10.2. The molecule has 3 rings (SSSR count). The van der Waals surface area contributed by atoms with Crippen LogP contribution in [-0.2, 0) is 6.54 Å². The zero-order chi connectivity index (χ0) is 15.9. The van der Waals surface area contributed by atoms with Gasteiger partial charge in [0.05, 0.1) is 0 Å². The van der Waals surface area contributed by atoms with Crippen LogP contribution in [0.25, 0.3) is 0 Å². The van der Waals surface area contributed by atoms with Crippen molar-refractivity contribution in [3.63, 3.8) is 0 Å². The summed E-state index contributed by atoms with van der Waals surface area (Å²) in [6.45, 7) is 2.58. The number of amides is 1. The van der Waals surface area contributed by atoms with Crippen molar-refractivity contribution in [1.29, 1.82) is 0 Å². The van der Waals surface area contributed by atoms with Crippen molar-refractivity contribution in [3.05, 3.63) is 59.8 Å². The molecule has 1 N–H and O–H groups in total. The molecule has 0 unspecified atom stereocenters. The Bertz CT molecular complexity index is 634. The van der Waals surface area contributed by atoms with Gasteiger partial charge in [0.15, 0.2) is 0 Å². The van der Waals surface area contributed by atoms with Gasteiger partial charge in [0.1, 0.15) is 11.5 Å². The maximum absolute atomic E-state index is 12.3. The minimum Gasteiger partial charge on any atom is -0.357 e. The van der Waals surface area contributed by atoms with Crippen LogP contribution in [0.3, 0.4) is 0 Å². The van der Waals surface area contributed by atoms with E-state index in [2.05, 4.69) is 15.2 Å². The van der Waals surface area contributed by atoms with Gasteiger partial charge in [0, 0.05) is 19.6 Å². The fourth-order valence-corrected chi connectivity index (χ4v) is 2.89. The van der Waals surface area contributed by atoms with Crippen molar-refractivity contribution in [1.82, 2.24) is 10.3 Å². The Morgan fingerprint density at radius 1 is 0.957 bits per heavy atom. The van der Waals surface area contributed by atoms with Crippen LogP contribution in [0.1, 0.15) is 41.7 Å². The molecule has 4 heteroatoms. The SMILES string of the molecule is O=C(NCc1ccccc1)c1cccc(N2CCCCCC2)n1. The van der Waals surface area contributed by atoms with E-state index in [4.69, 9.17) is 0 Å². The first-order valence-corrected chi connectivity index (χ1v) is 8.37. The third-order valence-electron chi connectivity index (χ3n) is 4.19. The van der Waals surface area contributed by atoms with Crippen molar-refractivity contribution in [3.8, 4) is 0 Å². The first kappa shape index (κ1) is 15.5. The lowest BCUT2D eigenvalue weighted by Crippen LogP contribution is -2.27. The second kappa shape index (κ2) is 7.77. The highest BCUT2D eigenvalue weighted by Gasteiger charge is 2.13. The third kappa shape index (κ3) is 4.31. The van der Waals surface area contributed by atoms with Gasteiger partial charge >= 0.3 is 0 Å². The van der Waals surface area contributed by atoms with E-state index in [0.717, 1.165) is 24.5 Å². The molecular formula is C19H23N3O. The van der Waals surface area contributed by atoms with Gasteiger partial charge in [-0.15, -0.1) is 0 Å². The van der Waals surface area contributed by atoms with Crippen LogP contribution in [-0.4, -0.2) is 24.0 Å². The first-order valence-electron chi connectivity index (χ1n) is 8.37. The molecule has 23 heavy (non-hydrogen) atoms. The summed E-state index contributed by atoms with van der Waals surface area (Å²) in [7, 11) is 0. The predicted octanol–water partition coefficient (Wildman–Crippen LogP) is 3.39. The van der Waals surface area contributed by atoms with Crippen molar-refractivity contribution in [2.45, 2.75) is 32.2 Å². The maximum atomic E-state index is 12.3. The molecule has 1 saturated heterocycles. The van der Waals surface area contributed by atoms with Crippen molar-refractivity contribution in [2.24, 2.45) is 0 Å². The number of rotatable bonds is 4. The molecule has 0 aliphatic carbocycles. The predicted molar refractivity (Wildman–Crippen MR) is 92.5 cm³/mol. The second-order valence-electron chi connectivity index (χ2n) is 5.95. The molecule has 1 fully saturated rings. The van der Waals surface area contributed by atoms with E-state index in [1.807, 2.05) is 42.5 Å². The van der Waals surface area contributed by atoms with E-state index in [9.17, 15) is 4.79 Å². The third-order valence-corrected chi connectivity index (χ3v) is 4.19. The topological polar surface area (TPSA) is 45.2 Å². The van der Waals surface area contributed by atoms with Crippen LogP contribution in [0.15, 0.2) is 48.5 Å². The van der Waals surface area contributed by atoms with Gasteiger partial charge in [-0.3, -0.25) is 4.79 Å². The number of pyridine rings is 1. The Balaban J connectivity index is 1.65. The van der Waals surface area contributed by atoms with E-state index in [1.54, 1.807) is 6.07 Å². The summed E-state index contributed by atoms with van der Waals surface area (Å²) in [5.41, 5.74) is 1.58. The van der Waals surface area contributed by atoms with Gasteiger partial charge in [-0.2, -0.15) is 0 Å². The van der Waals surface area contributed by atoms with Gasteiger partial charge in [-0.1, -0.05) is 49.2 Å². The van der Waals surface area contributed by atoms with Crippen molar-refractivity contribution < 1.29 is 4.79 Å². The van der Waals surface area contributed by atoms with E-state index in [1.165, 1.54) is 25.7 Å². The highest BCUT2D eigenvalue weighted by molar-refractivity contribution is 5.92. The normalized spacial score (nSPS) is 15.0. The van der Waals surface area contributed by atoms with Gasteiger partial charge in [0.2, 0.25) is 0 Å². The van der Waals surface area contributed by atoms with Crippen LogP contribution in [0.4, 0.5) is 5.82 Å². The molecule has 2 heterocycles. The summed E-state index contributed by atoms with van der Waals surface area (Å²) in [4.78, 5) is 19.2.